The SMILES string of the molecule is CCNC(=NCc1cccc(F)c1)NCCc1cc(F)cc2c1OCOC2. The third kappa shape index (κ3) is 5.40. The second-order valence-electron chi connectivity index (χ2n) is 6.17. The monoisotopic (exact) mass is 375 g/mol. The lowest BCUT2D eigenvalue weighted by Crippen LogP contribution is -2.38. The van der Waals surface area contributed by atoms with E-state index in [2.05, 4.69) is 15.6 Å². The minimum Gasteiger partial charge on any atom is -0.467 e. The molecule has 5 nitrogen and oxygen atoms in total. The average Bonchev–Trinajstić information content (AvgIpc) is 2.66. The van der Waals surface area contributed by atoms with Gasteiger partial charge in [-0.2, -0.15) is 0 Å². The first-order chi connectivity index (χ1) is 13.2. The Kier molecular flexibility index (Phi) is 6.59. The Balaban J connectivity index is 1.61. The molecule has 0 spiro atoms. The first-order valence-corrected chi connectivity index (χ1v) is 8.94. The summed E-state index contributed by atoms with van der Waals surface area (Å²) < 4.78 is 37.8. The van der Waals surface area contributed by atoms with E-state index in [0.717, 1.165) is 16.7 Å². The fourth-order valence-electron chi connectivity index (χ4n) is 2.91. The molecule has 7 heteroatoms. The van der Waals surface area contributed by atoms with Gasteiger partial charge in [0.2, 0.25) is 0 Å². The van der Waals surface area contributed by atoms with E-state index in [1.807, 2.05) is 13.0 Å². The van der Waals surface area contributed by atoms with Crippen LogP contribution in [0.4, 0.5) is 8.78 Å². The highest BCUT2D eigenvalue weighted by Crippen LogP contribution is 2.29. The lowest BCUT2D eigenvalue weighted by molar-refractivity contribution is -0.0172. The normalized spacial score (nSPS) is 13.7. The van der Waals surface area contributed by atoms with E-state index in [1.54, 1.807) is 6.07 Å². The van der Waals surface area contributed by atoms with E-state index in [9.17, 15) is 8.78 Å². The molecule has 2 N–H and O–H groups in total. The molecular formula is C20H23F2N3O2. The van der Waals surface area contributed by atoms with Crippen molar-refractivity contribution < 1.29 is 18.3 Å². The van der Waals surface area contributed by atoms with E-state index >= 15 is 0 Å². The topological polar surface area (TPSA) is 54.9 Å². The average molecular weight is 375 g/mol. The molecule has 0 radical (unpaired) electrons. The summed E-state index contributed by atoms with van der Waals surface area (Å²) in [6, 6.07) is 9.29. The van der Waals surface area contributed by atoms with Gasteiger partial charge in [0.25, 0.3) is 0 Å². The maximum Gasteiger partial charge on any atom is 0.191 e. The van der Waals surface area contributed by atoms with E-state index in [4.69, 9.17) is 9.47 Å². The predicted octanol–water partition coefficient (Wildman–Crippen LogP) is 3.13. The van der Waals surface area contributed by atoms with Crippen molar-refractivity contribution in [3.8, 4) is 5.75 Å². The lowest BCUT2D eigenvalue weighted by Gasteiger charge is -2.21. The molecule has 0 unspecified atom stereocenters. The molecule has 3 rings (SSSR count). The number of rotatable bonds is 6. The molecule has 0 bridgehead atoms. The van der Waals surface area contributed by atoms with Crippen LogP contribution in [-0.2, 0) is 24.3 Å². The lowest BCUT2D eigenvalue weighted by atomic mass is 10.1. The summed E-state index contributed by atoms with van der Waals surface area (Å²) in [5, 5.41) is 6.36. The van der Waals surface area contributed by atoms with Crippen molar-refractivity contribution in [3.63, 3.8) is 0 Å². The van der Waals surface area contributed by atoms with E-state index in [1.165, 1.54) is 24.3 Å². The van der Waals surface area contributed by atoms with Crippen molar-refractivity contribution in [2.75, 3.05) is 19.9 Å². The minimum atomic E-state index is -0.301. The summed E-state index contributed by atoms with van der Waals surface area (Å²) in [7, 11) is 0. The second-order valence-corrected chi connectivity index (χ2v) is 6.17. The zero-order valence-electron chi connectivity index (χ0n) is 15.2. The number of fused-ring (bicyclic) bond motifs is 1. The van der Waals surface area contributed by atoms with Crippen LogP contribution in [0.2, 0.25) is 0 Å². The van der Waals surface area contributed by atoms with Crippen molar-refractivity contribution in [2.24, 2.45) is 4.99 Å². The highest BCUT2D eigenvalue weighted by Gasteiger charge is 2.16. The Bertz CT molecular complexity index is 812. The molecule has 0 fully saturated rings. The number of benzene rings is 2. The van der Waals surface area contributed by atoms with Crippen LogP contribution in [0, 0.1) is 11.6 Å². The molecule has 0 saturated carbocycles. The van der Waals surface area contributed by atoms with Gasteiger partial charge in [-0.15, -0.1) is 0 Å². The van der Waals surface area contributed by atoms with Gasteiger partial charge in [-0.3, -0.25) is 0 Å². The zero-order chi connectivity index (χ0) is 19.1. The van der Waals surface area contributed by atoms with Crippen LogP contribution in [0.3, 0.4) is 0 Å². The third-order valence-corrected chi connectivity index (χ3v) is 4.09. The molecule has 27 heavy (non-hydrogen) atoms. The molecule has 2 aromatic rings. The summed E-state index contributed by atoms with van der Waals surface area (Å²) in [5.41, 5.74) is 2.31. The van der Waals surface area contributed by atoms with Crippen molar-refractivity contribution in [1.82, 2.24) is 10.6 Å². The van der Waals surface area contributed by atoms with Crippen molar-refractivity contribution in [2.45, 2.75) is 26.5 Å². The Hall–Kier alpha value is -2.67. The molecule has 0 aromatic heterocycles. The molecule has 1 heterocycles. The van der Waals surface area contributed by atoms with Gasteiger partial charge in [0.1, 0.15) is 17.4 Å². The van der Waals surface area contributed by atoms with Gasteiger partial charge in [0.05, 0.1) is 13.2 Å². The smallest absolute Gasteiger partial charge is 0.191 e. The number of hydrogen-bond donors (Lipinski definition) is 2. The molecule has 1 aliphatic heterocycles. The standard InChI is InChI=1S/C20H23F2N3O2/c1-2-23-20(25-11-14-4-3-5-17(21)8-14)24-7-6-15-9-18(22)10-16-12-26-13-27-19(15)16/h3-5,8-10H,2,6-7,11-13H2,1H3,(H2,23,24,25). The largest absolute Gasteiger partial charge is 0.467 e. The number of halogens is 2. The molecule has 0 aliphatic carbocycles. The number of nitrogens with one attached hydrogen (secondary N) is 2. The van der Waals surface area contributed by atoms with Crippen LogP contribution in [0.1, 0.15) is 23.6 Å². The summed E-state index contributed by atoms with van der Waals surface area (Å²) in [6.07, 6.45) is 0.574. The van der Waals surface area contributed by atoms with Gasteiger partial charge in [-0.05, 0) is 48.7 Å². The number of guanidine groups is 1. The fraction of sp³-hybridized carbons (Fsp3) is 0.350. The molecule has 2 aromatic carbocycles. The maximum absolute atomic E-state index is 13.8. The molecule has 0 amide bonds. The molecule has 144 valence electrons. The van der Waals surface area contributed by atoms with Gasteiger partial charge in [0, 0.05) is 18.7 Å². The first-order valence-electron chi connectivity index (χ1n) is 8.94. The highest BCUT2D eigenvalue weighted by molar-refractivity contribution is 5.79. The molecule has 1 aliphatic rings. The fourth-order valence-corrected chi connectivity index (χ4v) is 2.91. The van der Waals surface area contributed by atoms with Gasteiger partial charge < -0.3 is 20.1 Å². The number of aliphatic imine (C=N–C) groups is 1. The van der Waals surface area contributed by atoms with E-state index in [-0.39, 0.29) is 18.4 Å². The summed E-state index contributed by atoms with van der Waals surface area (Å²) in [4.78, 5) is 4.46. The van der Waals surface area contributed by atoms with Crippen molar-refractivity contribution in [3.05, 3.63) is 64.7 Å². The van der Waals surface area contributed by atoms with Crippen molar-refractivity contribution in [1.29, 1.82) is 0 Å². The highest BCUT2D eigenvalue weighted by atomic mass is 19.1. The van der Waals surface area contributed by atoms with E-state index in [0.29, 0.717) is 44.4 Å². The minimum absolute atomic E-state index is 0.177. The molecule has 0 saturated heterocycles. The first kappa shape index (κ1) is 19.1. The Morgan fingerprint density at radius 1 is 1.15 bits per heavy atom. The summed E-state index contributed by atoms with van der Waals surface area (Å²) in [5.74, 6) is 0.743. The zero-order valence-corrected chi connectivity index (χ0v) is 15.2. The molecule has 0 atom stereocenters. The Labute approximate surface area is 157 Å². The van der Waals surface area contributed by atoms with Crippen LogP contribution in [-0.4, -0.2) is 25.8 Å². The van der Waals surface area contributed by atoms with Crippen molar-refractivity contribution >= 4 is 5.96 Å². The van der Waals surface area contributed by atoms with Gasteiger partial charge >= 0.3 is 0 Å². The Morgan fingerprint density at radius 2 is 2.04 bits per heavy atom. The van der Waals surface area contributed by atoms with Crippen LogP contribution in [0.25, 0.3) is 0 Å². The second kappa shape index (κ2) is 9.32. The summed E-state index contributed by atoms with van der Waals surface area (Å²) >= 11 is 0. The Morgan fingerprint density at radius 3 is 2.85 bits per heavy atom. The third-order valence-electron chi connectivity index (χ3n) is 4.09. The number of hydrogen-bond acceptors (Lipinski definition) is 3. The van der Waals surface area contributed by atoms with Gasteiger partial charge in [-0.25, -0.2) is 13.8 Å². The van der Waals surface area contributed by atoms with Gasteiger partial charge in [-0.1, -0.05) is 12.1 Å². The van der Waals surface area contributed by atoms with E-state index < -0.39 is 0 Å². The van der Waals surface area contributed by atoms with Gasteiger partial charge in [0.15, 0.2) is 12.8 Å². The number of ether oxygens (including phenoxy) is 2. The van der Waals surface area contributed by atoms with Crippen LogP contribution < -0.4 is 15.4 Å². The van der Waals surface area contributed by atoms with Crippen LogP contribution in [0.15, 0.2) is 41.4 Å². The van der Waals surface area contributed by atoms with Crippen LogP contribution >= 0.6 is 0 Å². The van der Waals surface area contributed by atoms with Crippen LogP contribution in [0.5, 0.6) is 5.75 Å². The number of nitrogens with zero attached hydrogens (tertiary/aromatic N) is 1. The predicted molar refractivity (Wildman–Crippen MR) is 99.6 cm³/mol. The molecular weight excluding hydrogens is 352 g/mol. The maximum atomic E-state index is 13.8. The summed E-state index contributed by atoms with van der Waals surface area (Å²) in [6.45, 7) is 4.11. The quantitative estimate of drug-likeness (QED) is 0.602.